The summed E-state index contributed by atoms with van der Waals surface area (Å²) in [7, 11) is 2.18. The van der Waals surface area contributed by atoms with E-state index in [0.717, 1.165) is 31.7 Å². The van der Waals surface area contributed by atoms with E-state index in [-0.39, 0.29) is 5.91 Å². The van der Waals surface area contributed by atoms with E-state index in [0.29, 0.717) is 12.5 Å². The molecule has 0 aromatic heterocycles. The molecule has 0 saturated heterocycles. The van der Waals surface area contributed by atoms with Crippen LogP contribution >= 0.6 is 0 Å². The molecule has 1 atom stereocenters. The van der Waals surface area contributed by atoms with Crippen LogP contribution in [-0.4, -0.2) is 30.4 Å². The highest BCUT2D eigenvalue weighted by Gasteiger charge is 2.10. The number of hydrogen-bond acceptors (Lipinski definition) is 3. The number of carbonyl (C=O) groups excluding carboxylic acids is 1. The highest BCUT2D eigenvalue weighted by molar-refractivity contribution is 5.74. The van der Waals surface area contributed by atoms with Gasteiger partial charge in [0.2, 0.25) is 5.91 Å². The lowest BCUT2D eigenvalue weighted by Crippen LogP contribution is -2.31. The van der Waals surface area contributed by atoms with Gasteiger partial charge < -0.3 is 4.90 Å². The van der Waals surface area contributed by atoms with Crippen LogP contribution in [0.2, 0.25) is 0 Å². The van der Waals surface area contributed by atoms with Gasteiger partial charge in [0.05, 0.1) is 0 Å². The minimum Gasteiger partial charge on any atom is -0.304 e. The Hall–Kier alpha value is -0.610. The van der Waals surface area contributed by atoms with Crippen LogP contribution in [0.3, 0.4) is 0 Å². The third kappa shape index (κ3) is 9.12. The zero-order chi connectivity index (χ0) is 13.3. The summed E-state index contributed by atoms with van der Waals surface area (Å²) in [5.74, 6) is 5.70. The molecule has 0 aliphatic rings. The summed E-state index contributed by atoms with van der Waals surface area (Å²) in [6.07, 6.45) is 4.95. The van der Waals surface area contributed by atoms with Crippen LogP contribution in [0.4, 0.5) is 0 Å². The highest BCUT2D eigenvalue weighted by Crippen LogP contribution is 2.10. The molecule has 0 radical (unpaired) electrons. The van der Waals surface area contributed by atoms with Crippen molar-refractivity contribution in [3.63, 3.8) is 0 Å². The average molecular weight is 243 g/mol. The lowest BCUT2D eigenvalue weighted by Gasteiger charge is -2.26. The number of rotatable bonds is 9. The molecule has 0 aromatic carbocycles. The van der Waals surface area contributed by atoms with Gasteiger partial charge in [0.15, 0.2) is 0 Å². The van der Waals surface area contributed by atoms with Crippen LogP contribution in [0, 0.1) is 5.92 Å². The first-order valence-corrected chi connectivity index (χ1v) is 6.67. The number of nitrogens with zero attached hydrogens (tertiary/aromatic N) is 1. The summed E-state index contributed by atoms with van der Waals surface area (Å²) in [6.45, 7) is 7.91. The van der Waals surface area contributed by atoms with Gasteiger partial charge in [-0.3, -0.25) is 10.2 Å². The number of hydrazine groups is 1. The number of carbonyl (C=O) groups is 1. The van der Waals surface area contributed by atoms with Gasteiger partial charge in [-0.1, -0.05) is 20.3 Å². The van der Waals surface area contributed by atoms with Gasteiger partial charge in [-0.05, 0) is 45.7 Å². The summed E-state index contributed by atoms with van der Waals surface area (Å²) in [5, 5.41) is 0. The Balaban J connectivity index is 3.50. The zero-order valence-electron chi connectivity index (χ0n) is 11.8. The Morgan fingerprint density at radius 2 is 1.88 bits per heavy atom. The molecular weight excluding hydrogens is 214 g/mol. The van der Waals surface area contributed by atoms with Crippen LogP contribution in [0.1, 0.15) is 52.9 Å². The molecule has 0 spiro atoms. The van der Waals surface area contributed by atoms with E-state index in [9.17, 15) is 4.79 Å². The Morgan fingerprint density at radius 3 is 2.41 bits per heavy atom. The fourth-order valence-electron chi connectivity index (χ4n) is 1.98. The summed E-state index contributed by atoms with van der Waals surface area (Å²) in [4.78, 5) is 13.3. The number of amides is 1. The van der Waals surface area contributed by atoms with E-state index in [1.165, 1.54) is 6.42 Å². The van der Waals surface area contributed by atoms with Crippen molar-refractivity contribution < 1.29 is 4.79 Å². The van der Waals surface area contributed by atoms with Crippen LogP contribution in [0.15, 0.2) is 0 Å². The van der Waals surface area contributed by atoms with Gasteiger partial charge >= 0.3 is 0 Å². The Morgan fingerprint density at radius 1 is 1.24 bits per heavy atom. The van der Waals surface area contributed by atoms with E-state index in [2.05, 4.69) is 38.1 Å². The molecule has 0 bridgehead atoms. The van der Waals surface area contributed by atoms with Crippen molar-refractivity contribution in [2.45, 2.75) is 58.9 Å². The first kappa shape index (κ1) is 16.4. The maximum atomic E-state index is 10.9. The van der Waals surface area contributed by atoms with Gasteiger partial charge in [0.25, 0.3) is 0 Å². The predicted octanol–water partition coefficient (Wildman–Crippen LogP) is 1.90. The van der Waals surface area contributed by atoms with Gasteiger partial charge in [-0.15, -0.1) is 0 Å². The normalized spacial score (nSPS) is 13.1. The monoisotopic (exact) mass is 243 g/mol. The standard InChI is InChI=1S/C13H29N3O/c1-11(2)10-12(3)16(4)9-7-5-6-8-13(17)15-14/h11-12H,5-10,14H2,1-4H3,(H,15,17). The third-order valence-corrected chi connectivity index (χ3v) is 3.14. The summed E-state index contributed by atoms with van der Waals surface area (Å²) < 4.78 is 0. The molecule has 1 unspecified atom stereocenters. The summed E-state index contributed by atoms with van der Waals surface area (Å²) >= 11 is 0. The number of nitrogens with two attached hydrogens (primary N) is 1. The van der Waals surface area contributed by atoms with Gasteiger partial charge in [0, 0.05) is 12.5 Å². The van der Waals surface area contributed by atoms with Gasteiger partial charge in [-0.2, -0.15) is 0 Å². The van der Waals surface area contributed by atoms with E-state index in [1.54, 1.807) is 0 Å². The first-order valence-electron chi connectivity index (χ1n) is 6.67. The van der Waals surface area contributed by atoms with E-state index >= 15 is 0 Å². The third-order valence-electron chi connectivity index (χ3n) is 3.14. The number of nitrogens with one attached hydrogen (secondary N) is 1. The maximum absolute atomic E-state index is 10.9. The van der Waals surface area contributed by atoms with Crippen LogP contribution < -0.4 is 11.3 Å². The van der Waals surface area contributed by atoms with E-state index < -0.39 is 0 Å². The second kappa shape index (κ2) is 9.42. The molecule has 0 fully saturated rings. The number of unbranched alkanes of at least 4 members (excludes halogenated alkanes) is 2. The molecule has 4 heteroatoms. The zero-order valence-corrected chi connectivity index (χ0v) is 11.8. The second-order valence-electron chi connectivity index (χ2n) is 5.34. The molecule has 0 saturated carbocycles. The molecule has 1 amide bonds. The van der Waals surface area contributed by atoms with Crippen LogP contribution in [0.5, 0.6) is 0 Å². The summed E-state index contributed by atoms with van der Waals surface area (Å²) in [6, 6.07) is 0.641. The van der Waals surface area contributed by atoms with Crippen molar-refractivity contribution in [3.8, 4) is 0 Å². The van der Waals surface area contributed by atoms with Gasteiger partial charge in [-0.25, -0.2) is 5.84 Å². The lowest BCUT2D eigenvalue weighted by molar-refractivity contribution is -0.121. The molecule has 0 aliphatic heterocycles. The van der Waals surface area contributed by atoms with Crippen molar-refractivity contribution in [2.24, 2.45) is 11.8 Å². The average Bonchev–Trinajstić information content (AvgIpc) is 2.26. The smallest absolute Gasteiger partial charge is 0.233 e. The second-order valence-corrected chi connectivity index (χ2v) is 5.34. The Labute approximate surface area is 106 Å². The Kier molecular flexibility index (Phi) is 9.09. The molecule has 0 rings (SSSR count). The molecule has 17 heavy (non-hydrogen) atoms. The molecule has 0 aliphatic carbocycles. The van der Waals surface area contributed by atoms with Crippen molar-refractivity contribution in [1.29, 1.82) is 0 Å². The maximum Gasteiger partial charge on any atom is 0.233 e. The quantitative estimate of drug-likeness (QED) is 0.281. The minimum atomic E-state index is -0.0634. The SMILES string of the molecule is CC(C)CC(C)N(C)CCCCCC(=O)NN. The highest BCUT2D eigenvalue weighted by atomic mass is 16.2. The van der Waals surface area contributed by atoms with E-state index in [1.807, 2.05) is 0 Å². The molecule has 102 valence electrons. The first-order chi connectivity index (χ1) is 7.97. The molecule has 0 heterocycles. The Bertz CT molecular complexity index is 207. The van der Waals surface area contributed by atoms with Crippen molar-refractivity contribution in [2.75, 3.05) is 13.6 Å². The number of hydrogen-bond donors (Lipinski definition) is 2. The molecule has 3 N–H and O–H groups in total. The topological polar surface area (TPSA) is 58.4 Å². The van der Waals surface area contributed by atoms with E-state index in [4.69, 9.17) is 5.84 Å². The van der Waals surface area contributed by atoms with Crippen molar-refractivity contribution in [1.82, 2.24) is 10.3 Å². The largest absolute Gasteiger partial charge is 0.304 e. The fraction of sp³-hybridized carbons (Fsp3) is 0.923. The van der Waals surface area contributed by atoms with Crippen LogP contribution in [-0.2, 0) is 4.79 Å². The van der Waals surface area contributed by atoms with Crippen LogP contribution in [0.25, 0.3) is 0 Å². The lowest BCUT2D eigenvalue weighted by atomic mass is 10.0. The van der Waals surface area contributed by atoms with Crippen molar-refractivity contribution in [3.05, 3.63) is 0 Å². The van der Waals surface area contributed by atoms with Gasteiger partial charge in [0.1, 0.15) is 0 Å². The summed E-state index contributed by atoms with van der Waals surface area (Å²) in [5.41, 5.74) is 2.16. The fourth-order valence-corrected chi connectivity index (χ4v) is 1.98. The molecule has 0 aromatic rings. The van der Waals surface area contributed by atoms with Crippen molar-refractivity contribution >= 4 is 5.91 Å². The predicted molar refractivity (Wildman–Crippen MR) is 72.3 cm³/mol. The molecular formula is C13H29N3O. The minimum absolute atomic E-state index is 0.0634. The molecule has 4 nitrogen and oxygen atoms in total.